The Hall–Kier alpha value is -4.40. The third-order valence-corrected chi connectivity index (χ3v) is 8.66. The van der Waals surface area contributed by atoms with Crippen LogP contribution in [0.1, 0.15) is 59.5 Å². The summed E-state index contributed by atoms with van der Waals surface area (Å²) in [5.74, 6) is -12.6. The second-order valence-electron chi connectivity index (χ2n) is 12.8. The Morgan fingerprint density at radius 2 is 1.33 bits per heavy atom. The maximum absolute atomic E-state index is 14.1. The first kappa shape index (κ1) is 37.4. The molecule has 266 valence electrons. The monoisotopic (exact) mass is 694 g/mol. The van der Waals surface area contributed by atoms with E-state index < -0.39 is 65.6 Å². The van der Waals surface area contributed by atoms with Crippen LogP contribution in [0.25, 0.3) is 0 Å². The molecule has 2 aliphatic rings. The number of ketones is 1. The fraction of sp³-hybridized carbons (Fsp3) is 0.500. The molecule has 2 aromatic rings. The van der Waals surface area contributed by atoms with Crippen molar-refractivity contribution in [3.63, 3.8) is 0 Å². The lowest BCUT2D eigenvalue weighted by atomic mass is 9.90. The van der Waals surface area contributed by atoms with Crippen molar-refractivity contribution < 1.29 is 50.7 Å². The summed E-state index contributed by atoms with van der Waals surface area (Å²) < 4.78 is 72.6. The molecule has 4 rings (SSSR count). The molecule has 10 nitrogen and oxygen atoms in total. The van der Waals surface area contributed by atoms with Crippen molar-refractivity contribution in [2.45, 2.75) is 70.9 Å². The molecule has 0 bridgehead atoms. The predicted octanol–water partition coefficient (Wildman–Crippen LogP) is 3.77. The Balaban J connectivity index is 1.57. The lowest BCUT2D eigenvalue weighted by molar-refractivity contribution is -0.270. The molecule has 0 saturated carbocycles. The minimum absolute atomic E-state index is 0.125. The van der Waals surface area contributed by atoms with E-state index in [1.54, 1.807) is 43.0 Å². The summed E-state index contributed by atoms with van der Waals surface area (Å²) >= 11 is 0. The number of benzene rings is 2. The first-order valence-electron chi connectivity index (χ1n) is 15.9. The van der Waals surface area contributed by atoms with Crippen LogP contribution in [0.3, 0.4) is 0 Å². The van der Waals surface area contributed by atoms with E-state index in [1.165, 1.54) is 38.1 Å². The highest BCUT2D eigenvalue weighted by Crippen LogP contribution is 2.38. The molecular formula is C34H39F5N4O6. The number of carbonyl (C=O) groups is 5. The van der Waals surface area contributed by atoms with Crippen LogP contribution >= 0.6 is 0 Å². The number of nitrogens with one attached hydrogen (secondary N) is 2. The number of halogens is 5. The van der Waals surface area contributed by atoms with Crippen LogP contribution in [-0.4, -0.2) is 95.7 Å². The molecule has 2 aliphatic heterocycles. The van der Waals surface area contributed by atoms with Gasteiger partial charge in [0.25, 0.3) is 11.8 Å². The number of alkyl halides is 5. The highest BCUT2D eigenvalue weighted by atomic mass is 19.4. The van der Waals surface area contributed by atoms with Crippen LogP contribution in [0.5, 0.6) is 0 Å². The van der Waals surface area contributed by atoms with E-state index in [9.17, 15) is 45.9 Å². The van der Waals surface area contributed by atoms with Crippen LogP contribution < -0.4 is 10.6 Å². The van der Waals surface area contributed by atoms with Gasteiger partial charge in [0.2, 0.25) is 17.6 Å². The number of carbonyl (C=O) groups excluding carboxylic acids is 5. The summed E-state index contributed by atoms with van der Waals surface area (Å²) in [6.07, 6.45) is -6.30. The number of nitrogens with zero attached hydrogens (tertiary/aromatic N) is 2. The molecule has 2 aromatic carbocycles. The Bertz CT molecular complexity index is 1560. The summed E-state index contributed by atoms with van der Waals surface area (Å²) in [4.78, 5) is 69.1. The fourth-order valence-corrected chi connectivity index (χ4v) is 5.74. The van der Waals surface area contributed by atoms with E-state index >= 15 is 0 Å². The van der Waals surface area contributed by atoms with Crippen molar-refractivity contribution in [3.8, 4) is 0 Å². The average molecular weight is 695 g/mol. The lowest BCUT2D eigenvalue weighted by Crippen LogP contribution is -2.62. The maximum atomic E-state index is 14.1. The van der Waals surface area contributed by atoms with Crippen molar-refractivity contribution in [2.24, 2.45) is 11.8 Å². The number of fused-ring (bicyclic) bond motifs is 1. The van der Waals surface area contributed by atoms with Crippen molar-refractivity contribution in [1.82, 2.24) is 20.4 Å². The van der Waals surface area contributed by atoms with Gasteiger partial charge in [0, 0.05) is 37.2 Å². The molecule has 0 radical (unpaired) electrons. The van der Waals surface area contributed by atoms with Crippen molar-refractivity contribution >= 4 is 29.4 Å². The summed E-state index contributed by atoms with van der Waals surface area (Å²) in [5.41, 5.74) is 1.81. The summed E-state index contributed by atoms with van der Waals surface area (Å²) in [6.45, 7) is 7.33. The standard InChI is InChI=1S/C34H39F5N4O6/c1-19(2)26(28(44)33(35,36)34(37,38)39)40-30(46)25-17-23-7-5-6-8-24(23)18-43(25)32(48)27(20(3)4)41-29(45)21-9-11-22(12-10-21)31(47)42-13-15-49-16-14-42/h5-12,19-20,25-27H,13-18H2,1-4H3,(H,40,46)(H,41,45)/t25?,26?,27-/m0/s1. The van der Waals surface area contributed by atoms with Crippen molar-refractivity contribution in [2.75, 3.05) is 26.3 Å². The molecule has 0 aromatic heterocycles. The van der Waals surface area contributed by atoms with Crippen LogP contribution in [0.4, 0.5) is 22.0 Å². The van der Waals surface area contributed by atoms with Gasteiger partial charge < -0.3 is 25.2 Å². The van der Waals surface area contributed by atoms with Gasteiger partial charge in [0.15, 0.2) is 0 Å². The van der Waals surface area contributed by atoms with Gasteiger partial charge >= 0.3 is 12.1 Å². The topological polar surface area (TPSA) is 125 Å². The first-order valence-corrected chi connectivity index (χ1v) is 15.9. The van der Waals surface area contributed by atoms with E-state index in [-0.39, 0.29) is 24.4 Å². The van der Waals surface area contributed by atoms with Gasteiger partial charge in [0.05, 0.1) is 19.3 Å². The molecule has 4 amide bonds. The molecule has 2 unspecified atom stereocenters. The van der Waals surface area contributed by atoms with Crippen molar-refractivity contribution in [3.05, 3.63) is 70.8 Å². The summed E-state index contributed by atoms with van der Waals surface area (Å²) in [5, 5.41) is 4.75. The average Bonchev–Trinajstić information content (AvgIpc) is 3.07. The lowest BCUT2D eigenvalue weighted by Gasteiger charge is -2.39. The Labute approximate surface area is 280 Å². The van der Waals surface area contributed by atoms with E-state index in [0.717, 1.165) is 4.90 Å². The highest BCUT2D eigenvalue weighted by molar-refractivity contribution is 6.01. The molecule has 1 fully saturated rings. The zero-order valence-corrected chi connectivity index (χ0v) is 27.5. The molecule has 1 saturated heterocycles. The molecular weight excluding hydrogens is 655 g/mol. The van der Waals surface area contributed by atoms with Gasteiger partial charge in [-0.15, -0.1) is 0 Å². The van der Waals surface area contributed by atoms with Crippen LogP contribution in [0.15, 0.2) is 48.5 Å². The van der Waals surface area contributed by atoms with Gasteiger partial charge in [-0.25, -0.2) is 0 Å². The predicted molar refractivity (Wildman–Crippen MR) is 167 cm³/mol. The highest BCUT2D eigenvalue weighted by Gasteiger charge is 2.65. The van der Waals surface area contributed by atoms with E-state index in [4.69, 9.17) is 4.74 Å². The Morgan fingerprint density at radius 1 is 0.776 bits per heavy atom. The second-order valence-corrected chi connectivity index (χ2v) is 12.8. The second kappa shape index (κ2) is 15.0. The molecule has 0 spiro atoms. The van der Waals surface area contributed by atoms with Crippen LogP contribution in [0, 0.1) is 11.8 Å². The van der Waals surface area contributed by atoms with Gasteiger partial charge in [-0.05, 0) is 47.2 Å². The van der Waals surface area contributed by atoms with Crippen LogP contribution in [-0.2, 0) is 32.1 Å². The van der Waals surface area contributed by atoms with Gasteiger partial charge in [-0.1, -0.05) is 52.0 Å². The Morgan fingerprint density at radius 3 is 1.88 bits per heavy atom. The zero-order chi connectivity index (χ0) is 36.3. The number of hydrogen-bond acceptors (Lipinski definition) is 6. The summed E-state index contributed by atoms with van der Waals surface area (Å²) in [7, 11) is 0. The minimum atomic E-state index is -6.17. The normalized spacial score (nSPS) is 18.1. The van der Waals surface area contributed by atoms with E-state index in [1.807, 2.05) is 0 Å². The maximum Gasteiger partial charge on any atom is 0.461 e. The first-order chi connectivity index (χ1) is 22.9. The molecule has 2 N–H and O–H groups in total. The largest absolute Gasteiger partial charge is 0.461 e. The SMILES string of the molecule is CC(C)C(NC(=O)C1Cc2ccccc2CN1C(=O)[C@@H](NC(=O)c1ccc(C(=O)N2CCOCC2)cc1)C(C)C)C(=O)C(F)(F)C(F)(F)F. The van der Waals surface area contributed by atoms with Crippen molar-refractivity contribution in [1.29, 1.82) is 0 Å². The molecule has 0 aliphatic carbocycles. The van der Waals surface area contributed by atoms with E-state index in [2.05, 4.69) is 10.6 Å². The van der Waals surface area contributed by atoms with Gasteiger partial charge in [-0.3, -0.25) is 24.0 Å². The van der Waals surface area contributed by atoms with Gasteiger partial charge in [-0.2, -0.15) is 22.0 Å². The quantitative estimate of drug-likeness (QED) is 0.365. The third kappa shape index (κ3) is 8.26. The number of Topliss-reactive ketones (excluding diaryl/α,β-unsaturated/α-hetero) is 1. The number of amides is 4. The zero-order valence-electron chi connectivity index (χ0n) is 27.5. The molecule has 49 heavy (non-hydrogen) atoms. The Kier molecular flexibility index (Phi) is 11.5. The molecule has 2 heterocycles. The minimum Gasteiger partial charge on any atom is -0.378 e. The number of ether oxygens (including phenoxy) is 1. The number of hydrogen-bond donors (Lipinski definition) is 2. The summed E-state index contributed by atoms with van der Waals surface area (Å²) in [6, 6.07) is 7.88. The van der Waals surface area contributed by atoms with Crippen LogP contribution in [0.2, 0.25) is 0 Å². The molecule has 15 heteroatoms. The fourth-order valence-electron chi connectivity index (χ4n) is 5.74. The number of morpholine rings is 1. The van der Waals surface area contributed by atoms with Gasteiger partial charge in [0.1, 0.15) is 12.1 Å². The third-order valence-electron chi connectivity index (χ3n) is 8.66. The molecule has 3 atom stereocenters. The van der Waals surface area contributed by atoms with E-state index in [0.29, 0.717) is 43.0 Å². The smallest absolute Gasteiger partial charge is 0.378 e. The number of rotatable bonds is 10.